The first-order valence-corrected chi connectivity index (χ1v) is 7.12. The van der Waals surface area contributed by atoms with Gasteiger partial charge in [-0.25, -0.2) is 0 Å². The van der Waals surface area contributed by atoms with E-state index < -0.39 is 0 Å². The number of methoxy groups -OCH3 is 2. The first kappa shape index (κ1) is 17.0. The molecule has 0 radical (unpaired) electrons. The fourth-order valence-electron chi connectivity index (χ4n) is 2.37. The number of hydrogen-bond donors (Lipinski definition) is 1. The molecule has 0 aliphatic carbocycles. The van der Waals surface area contributed by atoms with Crippen LogP contribution in [0.25, 0.3) is 0 Å². The molecular formula is C16H28N2O2. The van der Waals surface area contributed by atoms with Gasteiger partial charge in [0.2, 0.25) is 0 Å². The largest absolute Gasteiger partial charge is 0.383 e. The maximum Gasteiger partial charge on any atom is 0.0663 e. The highest BCUT2D eigenvalue weighted by Gasteiger charge is 2.15. The molecule has 0 heterocycles. The average Bonchev–Trinajstić information content (AvgIpc) is 2.42. The Hall–Kier alpha value is -1.10. The third-order valence-electron chi connectivity index (χ3n) is 3.50. The van der Waals surface area contributed by atoms with Crippen molar-refractivity contribution in [3.8, 4) is 0 Å². The van der Waals surface area contributed by atoms with Gasteiger partial charge in [0, 0.05) is 39.0 Å². The molecule has 0 bridgehead atoms. The molecule has 4 nitrogen and oxygen atoms in total. The smallest absolute Gasteiger partial charge is 0.0663 e. The van der Waals surface area contributed by atoms with Gasteiger partial charge in [-0.1, -0.05) is 6.07 Å². The summed E-state index contributed by atoms with van der Waals surface area (Å²) >= 11 is 0. The standard InChI is InChI=1S/C16H28N2O2/c1-13-10-16(7-6-15(13)11-17-3)18(8-9-19-4)14(2)12-20-5/h6-7,10,14,17H,8-9,11-12H2,1-5H3. The van der Waals surface area contributed by atoms with E-state index in [1.165, 1.54) is 16.8 Å². The molecule has 0 spiro atoms. The third-order valence-corrected chi connectivity index (χ3v) is 3.50. The van der Waals surface area contributed by atoms with Crippen LogP contribution in [-0.4, -0.2) is 47.1 Å². The summed E-state index contributed by atoms with van der Waals surface area (Å²) in [6.45, 7) is 7.53. The molecule has 0 saturated heterocycles. The zero-order valence-corrected chi connectivity index (χ0v) is 13.4. The van der Waals surface area contributed by atoms with Crippen LogP contribution in [0.2, 0.25) is 0 Å². The maximum atomic E-state index is 5.29. The Bertz CT molecular complexity index is 396. The van der Waals surface area contributed by atoms with Gasteiger partial charge in [-0.2, -0.15) is 0 Å². The summed E-state index contributed by atoms with van der Waals surface area (Å²) in [7, 11) is 5.45. The van der Waals surface area contributed by atoms with Crippen molar-refractivity contribution in [2.45, 2.75) is 26.4 Å². The first-order chi connectivity index (χ1) is 9.63. The Morgan fingerprint density at radius 3 is 2.55 bits per heavy atom. The molecule has 1 aromatic carbocycles. The van der Waals surface area contributed by atoms with E-state index >= 15 is 0 Å². The molecule has 114 valence electrons. The Kier molecular flexibility index (Phi) is 7.59. The fraction of sp³-hybridized carbons (Fsp3) is 0.625. The predicted octanol–water partition coefficient (Wildman–Crippen LogP) is 2.20. The van der Waals surface area contributed by atoms with Crippen LogP contribution in [-0.2, 0) is 16.0 Å². The van der Waals surface area contributed by atoms with Crippen LogP contribution in [0.1, 0.15) is 18.1 Å². The Morgan fingerprint density at radius 2 is 2.00 bits per heavy atom. The summed E-state index contributed by atoms with van der Waals surface area (Å²) in [6, 6.07) is 6.95. The average molecular weight is 280 g/mol. The molecule has 0 aliphatic heterocycles. The third kappa shape index (κ3) is 4.78. The van der Waals surface area contributed by atoms with Gasteiger partial charge in [0.25, 0.3) is 0 Å². The molecule has 4 heteroatoms. The van der Waals surface area contributed by atoms with Gasteiger partial charge in [0.1, 0.15) is 0 Å². The minimum atomic E-state index is 0.324. The molecule has 0 aromatic heterocycles. The SMILES string of the molecule is CNCc1ccc(N(CCOC)C(C)COC)cc1C. The van der Waals surface area contributed by atoms with Gasteiger partial charge in [-0.15, -0.1) is 0 Å². The van der Waals surface area contributed by atoms with Crippen molar-refractivity contribution in [1.29, 1.82) is 0 Å². The number of rotatable bonds is 9. The van der Waals surface area contributed by atoms with Crippen LogP contribution < -0.4 is 10.2 Å². The number of aryl methyl sites for hydroxylation is 1. The minimum absolute atomic E-state index is 0.324. The van der Waals surface area contributed by atoms with Crippen molar-refractivity contribution < 1.29 is 9.47 Å². The summed E-state index contributed by atoms with van der Waals surface area (Å²) < 4.78 is 10.5. The number of benzene rings is 1. The molecule has 1 rings (SSSR count). The molecule has 0 aliphatic rings. The number of nitrogens with zero attached hydrogens (tertiary/aromatic N) is 1. The molecular weight excluding hydrogens is 252 g/mol. The van der Waals surface area contributed by atoms with Gasteiger partial charge in [-0.3, -0.25) is 0 Å². The van der Waals surface area contributed by atoms with Crippen molar-refractivity contribution in [2.24, 2.45) is 0 Å². The van der Waals surface area contributed by atoms with E-state index in [2.05, 4.69) is 42.3 Å². The quantitative estimate of drug-likeness (QED) is 0.752. The molecule has 0 amide bonds. The number of nitrogens with one attached hydrogen (secondary N) is 1. The van der Waals surface area contributed by atoms with E-state index in [-0.39, 0.29) is 0 Å². The first-order valence-electron chi connectivity index (χ1n) is 7.12. The Balaban J connectivity index is 2.91. The zero-order valence-electron chi connectivity index (χ0n) is 13.4. The molecule has 0 fully saturated rings. The van der Waals surface area contributed by atoms with Crippen molar-refractivity contribution >= 4 is 5.69 Å². The van der Waals surface area contributed by atoms with Gasteiger partial charge in [0.05, 0.1) is 13.2 Å². The lowest BCUT2D eigenvalue weighted by Crippen LogP contribution is -2.38. The Labute approximate surface area is 123 Å². The monoisotopic (exact) mass is 280 g/mol. The second-order valence-corrected chi connectivity index (χ2v) is 5.13. The van der Waals surface area contributed by atoms with Gasteiger partial charge >= 0.3 is 0 Å². The van der Waals surface area contributed by atoms with Crippen LogP contribution in [0.3, 0.4) is 0 Å². The summed E-state index contributed by atoms with van der Waals surface area (Å²) in [5, 5.41) is 3.20. The molecule has 20 heavy (non-hydrogen) atoms. The van der Waals surface area contributed by atoms with Crippen LogP contribution in [0.15, 0.2) is 18.2 Å². The van der Waals surface area contributed by atoms with Crippen molar-refractivity contribution in [3.05, 3.63) is 29.3 Å². The van der Waals surface area contributed by atoms with Crippen LogP contribution in [0, 0.1) is 6.92 Å². The lowest BCUT2D eigenvalue weighted by molar-refractivity contribution is 0.171. The fourth-order valence-corrected chi connectivity index (χ4v) is 2.37. The maximum absolute atomic E-state index is 5.29. The zero-order chi connectivity index (χ0) is 15.0. The van der Waals surface area contributed by atoms with E-state index in [9.17, 15) is 0 Å². The van der Waals surface area contributed by atoms with Crippen LogP contribution >= 0.6 is 0 Å². The van der Waals surface area contributed by atoms with E-state index in [0.29, 0.717) is 19.3 Å². The Morgan fingerprint density at radius 1 is 1.25 bits per heavy atom. The molecule has 0 saturated carbocycles. The van der Waals surface area contributed by atoms with Gasteiger partial charge < -0.3 is 19.7 Å². The van der Waals surface area contributed by atoms with Gasteiger partial charge in [-0.05, 0) is 44.2 Å². The topological polar surface area (TPSA) is 33.7 Å². The lowest BCUT2D eigenvalue weighted by Gasteiger charge is -2.31. The molecule has 1 atom stereocenters. The van der Waals surface area contributed by atoms with E-state index in [1.807, 2.05) is 7.05 Å². The highest BCUT2D eigenvalue weighted by atomic mass is 16.5. The second kappa shape index (κ2) is 8.95. The lowest BCUT2D eigenvalue weighted by atomic mass is 10.1. The highest BCUT2D eigenvalue weighted by Crippen LogP contribution is 2.21. The number of anilines is 1. The molecule has 1 unspecified atom stereocenters. The van der Waals surface area contributed by atoms with Crippen molar-refractivity contribution in [1.82, 2.24) is 5.32 Å². The van der Waals surface area contributed by atoms with E-state index in [0.717, 1.165) is 13.1 Å². The van der Waals surface area contributed by atoms with Crippen molar-refractivity contribution in [3.63, 3.8) is 0 Å². The number of ether oxygens (including phenoxy) is 2. The van der Waals surface area contributed by atoms with Crippen molar-refractivity contribution in [2.75, 3.05) is 45.9 Å². The predicted molar refractivity (Wildman–Crippen MR) is 84.5 cm³/mol. The normalized spacial score (nSPS) is 12.4. The summed E-state index contributed by atoms with van der Waals surface area (Å²) in [4.78, 5) is 2.34. The summed E-state index contributed by atoms with van der Waals surface area (Å²) in [5.74, 6) is 0. The highest BCUT2D eigenvalue weighted by molar-refractivity contribution is 5.51. The van der Waals surface area contributed by atoms with E-state index in [1.54, 1.807) is 14.2 Å². The number of hydrogen-bond acceptors (Lipinski definition) is 4. The minimum Gasteiger partial charge on any atom is -0.383 e. The summed E-state index contributed by atoms with van der Waals surface area (Å²) in [5.41, 5.74) is 3.87. The van der Waals surface area contributed by atoms with Gasteiger partial charge in [0.15, 0.2) is 0 Å². The van der Waals surface area contributed by atoms with Crippen LogP contribution in [0.5, 0.6) is 0 Å². The molecule has 1 N–H and O–H groups in total. The van der Waals surface area contributed by atoms with E-state index in [4.69, 9.17) is 9.47 Å². The second-order valence-electron chi connectivity index (χ2n) is 5.13. The molecule has 1 aromatic rings. The summed E-state index contributed by atoms with van der Waals surface area (Å²) in [6.07, 6.45) is 0. The van der Waals surface area contributed by atoms with Crippen LogP contribution in [0.4, 0.5) is 5.69 Å².